The Labute approximate surface area is 115 Å². The van der Waals surface area contributed by atoms with E-state index in [0.717, 1.165) is 19.4 Å². The molecule has 1 N–H and O–H groups in total. The smallest absolute Gasteiger partial charge is 0.411 e. The van der Waals surface area contributed by atoms with Crippen LogP contribution >= 0.6 is 0 Å². The molecule has 6 heteroatoms. The van der Waals surface area contributed by atoms with Gasteiger partial charge < -0.3 is 10.0 Å². The number of rotatable bonds is 2. The lowest BCUT2D eigenvalue weighted by Gasteiger charge is -2.48. The number of alkyl halides is 3. The first kappa shape index (κ1) is 14.9. The molecule has 0 spiro atoms. The molecule has 0 radical (unpaired) electrons. The summed E-state index contributed by atoms with van der Waals surface area (Å²) in [5, 5.41) is 9.04. The molecule has 2 unspecified atom stereocenters. The van der Waals surface area contributed by atoms with Gasteiger partial charge in [0.25, 0.3) is 0 Å². The molecule has 2 rings (SSSR count). The van der Waals surface area contributed by atoms with Crippen molar-refractivity contribution in [1.29, 1.82) is 0 Å². The standard InChI is InChI=1S/C14H18F3NO2/c1-13(2,14(15,16)17)18-7-3-4-9-8-10(12(19)20)5-6-11(9)18/h3-4,7,10-11H,5-6,8H2,1-2H3,(H,19,20). The monoisotopic (exact) mass is 289 g/mol. The van der Waals surface area contributed by atoms with Gasteiger partial charge in [0.05, 0.1) is 12.0 Å². The fraction of sp³-hybridized carbons (Fsp3) is 0.643. The maximum atomic E-state index is 13.2. The van der Waals surface area contributed by atoms with E-state index in [-0.39, 0.29) is 6.04 Å². The minimum atomic E-state index is -4.34. The van der Waals surface area contributed by atoms with Crippen molar-refractivity contribution in [2.24, 2.45) is 5.92 Å². The predicted octanol–water partition coefficient (Wildman–Crippen LogP) is 3.34. The molecule has 112 valence electrons. The van der Waals surface area contributed by atoms with E-state index in [0.29, 0.717) is 19.3 Å². The highest BCUT2D eigenvalue weighted by Gasteiger charge is 2.53. The average Bonchev–Trinajstić information content (AvgIpc) is 2.35. The number of carbonyl (C=O) groups is 1. The molecule has 0 saturated heterocycles. The summed E-state index contributed by atoms with van der Waals surface area (Å²) in [6.45, 7) is 2.31. The van der Waals surface area contributed by atoms with Crippen molar-refractivity contribution < 1.29 is 23.1 Å². The number of carboxylic acids is 1. The molecule has 2 aliphatic rings. The van der Waals surface area contributed by atoms with Gasteiger partial charge in [-0.2, -0.15) is 13.2 Å². The number of allylic oxidation sites excluding steroid dienone is 2. The summed E-state index contributed by atoms with van der Waals surface area (Å²) in [7, 11) is 0. The number of nitrogens with zero attached hydrogens (tertiary/aromatic N) is 1. The molecule has 20 heavy (non-hydrogen) atoms. The van der Waals surface area contributed by atoms with Crippen molar-refractivity contribution in [3.05, 3.63) is 23.9 Å². The predicted molar refractivity (Wildman–Crippen MR) is 68.0 cm³/mol. The van der Waals surface area contributed by atoms with Crippen LogP contribution in [-0.4, -0.2) is 33.7 Å². The summed E-state index contributed by atoms with van der Waals surface area (Å²) in [4.78, 5) is 12.3. The highest BCUT2D eigenvalue weighted by atomic mass is 19.4. The molecule has 1 aliphatic heterocycles. The Balaban J connectivity index is 2.24. The normalized spacial score (nSPS) is 27.1. The zero-order valence-corrected chi connectivity index (χ0v) is 11.4. The Bertz CT molecular complexity index is 466. The molecular weight excluding hydrogens is 271 g/mol. The summed E-state index contributed by atoms with van der Waals surface area (Å²) >= 11 is 0. The summed E-state index contributed by atoms with van der Waals surface area (Å²) in [5.74, 6) is -1.36. The van der Waals surface area contributed by atoms with Crippen LogP contribution in [0.2, 0.25) is 0 Å². The van der Waals surface area contributed by atoms with Gasteiger partial charge >= 0.3 is 12.1 Å². The number of aliphatic carboxylic acids is 1. The first-order chi connectivity index (χ1) is 9.14. The Morgan fingerprint density at radius 1 is 1.35 bits per heavy atom. The topological polar surface area (TPSA) is 40.5 Å². The largest absolute Gasteiger partial charge is 0.481 e. The van der Waals surface area contributed by atoms with Gasteiger partial charge in [0.1, 0.15) is 5.54 Å². The van der Waals surface area contributed by atoms with Gasteiger partial charge in [-0.3, -0.25) is 4.79 Å². The van der Waals surface area contributed by atoms with Crippen LogP contribution in [0.25, 0.3) is 0 Å². The highest BCUT2D eigenvalue weighted by Crippen LogP contribution is 2.42. The zero-order chi connectivity index (χ0) is 15.1. The zero-order valence-electron chi connectivity index (χ0n) is 11.4. The molecule has 1 aliphatic carbocycles. The highest BCUT2D eigenvalue weighted by molar-refractivity contribution is 5.70. The van der Waals surface area contributed by atoms with Gasteiger partial charge in [0, 0.05) is 6.20 Å². The van der Waals surface area contributed by atoms with Crippen molar-refractivity contribution in [2.75, 3.05) is 0 Å². The molecule has 0 amide bonds. The third kappa shape index (κ3) is 2.43. The summed E-state index contributed by atoms with van der Waals surface area (Å²) in [5.41, 5.74) is -1.19. The van der Waals surface area contributed by atoms with E-state index in [4.69, 9.17) is 5.11 Å². The van der Waals surface area contributed by atoms with Crippen LogP contribution < -0.4 is 0 Å². The molecule has 2 atom stereocenters. The van der Waals surface area contributed by atoms with Gasteiger partial charge in [-0.25, -0.2) is 0 Å². The van der Waals surface area contributed by atoms with Crippen LogP contribution in [0.4, 0.5) is 13.2 Å². The number of halogens is 3. The second kappa shape index (κ2) is 4.82. The molecule has 0 aromatic rings. The second-order valence-electron chi connectivity index (χ2n) is 5.88. The number of hydrogen-bond acceptors (Lipinski definition) is 2. The fourth-order valence-electron chi connectivity index (χ4n) is 2.86. The Morgan fingerprint density at radius 3 is 2.55 bits per heavy atom. The van der Waals surface area contributed by atoms with Crippen molar-refractivity contribution in [3.63, 3.8) is 0 Å². The van der Waals surface area contributed by atoms with Crippen molar-refractivity contribution in [2.45, 2.75) is 50.9 Å². The maximum absolute atomic E-state index is 13.2. The van der Waals surface area contributed by atoms with Gasteiger partial charge in [-0.1, -0.05) is 6.08 Å². The van der Waals surface area contributed by atoms with Crippen molar-refractivity contribution in [3.8, 4) is 0 Å². The minimum Gasteiger partial charge on any atom is -0.481 e. The molecule has 0 aromatic carbocycles. The van der Waals surface area contributed by atoms with Gasteiger partial charge in [-0.05, 0) is 44.8 Å². The van der Waals surface area contributed by atoms with E-state index in [9.17, 15) is 18.0 Å². The number of carboxylic acid groups (broad SMARTS) is 1. The van der Waals surface area contributed by atoms with Crippen LogP contribution in [0, 0.1) is 5.92 Å². The number of fused-ring (bicyclic) bond motifs is 1. The minimum absolute atomic E-state index is 0.328. The Hall–Kier alpha value is -1.46. The van der Waals surface area contributed by atoms with E-state index < -0.39 is 23.6 Å². The third-order valence-electron chi connectivity index (χ3n) is 4.28. The first-order valence-corrected chi connectivity index (χ1v) is 6.60. The van der Waals surface area contributed by atoms with Crippen LogP contribution in [0.15, 0.2) is 23.9 Å². The molecule has 0 bridgehead atoms. The van der Waals surface area contributed by atoms with Crippen molar-refractivity contribution >= 4 is 5.97 Å². The van der Waals surface area contributed by atoms with Crippen LogP contribution in [-0.2, 0) is 4.79 Å². The van der Waals surface area contributed by atoms with Crippen LogP contribution in [0.5, 0.6) is 0 Å². The van der Waals surface area contributed by atoms with E-state index in [1.165, 1.54) is 11.1 Å². The van der Waals surface area contributed by atoms with Gasteiger partial charge in [-0.15, -0.1) is 0 Å². The van der Waals surface area contributed by atoms with Crippen LogP contribution in [0.1, 0.15) is 33.1 Å². The average molecular weight is 289 g/mol. The lowest BCUT2D eigenvalue weighted by molar-refractivity contribution is -0.217. The Kier molecular flexibility index (Phi) is 3.60. The second-order valence-corrected chi connectivity index (χ2v) is 5.88. The van der Waals surface area contributed by atoms with Gasteiger partial charge in [0.2, 0.25) is 0 Å². The lowest BCUT2D eigenvalue weighted by Crippen LogP contribution is -2.57. The van der Waals surface area contributed by atoms with E-state index in [1.807, 2.05) is 0 Å². The Morgan fingerprint density at radius 2 is 2.00 bits per heavy atom. The van der Waals surface area contributed by atoms with E-state index in [2.05, 4.69) is 0 Å². The van der Waals surface area contributed by atoms with Gasteiger partial charge in [0.15, 0.2) is 0 Å². The fourth-order valence-corrected chi connectivity index (χ4v) is 2.86. The van der Waals surface area contributed by atoms with Crippen molar-refractivity contribution in [1.82, 2.24) is 4.90 Å². The maximum Gasteiger partial charge on any atom is 0.411 e. The van der Waals surface area contributed by atoms with E-state index in [1.54, 1.807) is 12.2 Å². The molecule has 1 fully saturated rings. The quantitative estimate of drug-likeness (QED) is 0.847. The molecule has 1 heterocycles. The lowest BCUT2D eigenvalue weighted by atomic mass is 9.79. The summed E-state index contributed by atoms with van der Waals surface area (Å²) in [6.07, 6.45) is 1.62. The summed E-state index contributed by atoms with van der Waals surface area (Å²) in [6, 6.07) is -0.354. The first-order valence-electron chi connectivity index (χ1n) is 6.60. The van der Waals surface area contributed by atoms with Crippen LogP contribution in [0.3, 0.4) is 0 Å². The van der Waals surface area contributed by atoms with E-state index >= 15 is 0 Å². The molecule has 1 saturated carbocycles. The third-order valence-corrected chi connectivity index (χ3v) is 4.28. The SMILES string of the molecule is CC(C)(N1C=CC=C2CC(C(=O)O)CCC21)C(F)(F)F. The molecule has 3 nitrogen and oxygen atoms in total. The number of hydrogen-bond donors (Lipinski definition) is 1. The summed E-state index contributed by atoms with van der Waals surface area (Å²) < 4.78 is 39.6. The molecular formula is C14H18F3NO2. The molecule has 0 aromatic heterocycles.